The Morgan fingerprint density at radius 2 is 2.00 bits per heavy atom. The molecule has 2 amide bonds. The van der Waals surface area contributed by atoms with Gasteiger partial charge in [-0.1, -0.05) is 18.2 Å². The number of carbonyl (C=O) groups excluding carboxylic acids is 2. The van der Waals surface area contributed by atoms with Crippen molar-refractivity contribution in [3.63, 3.8) is 0 Å². The maximum atomic E-state index is 13.4. The third kappa shape index (κ3) is 5.17. The van der Waals surface area contributed by atoms with Crippen molar-refractivity contribution in [3.8, 4) is 11.4 Å². The summed E-state index contributed by atoms with van der Waals surface area (Å²) >= 11 is 6.09. The number of hydrogen-bond donors (Lipinski definition) is 1. The zero-order valence-electron chi connectivity index (χ0n) is 16.2. The fourth-order valence-electron chi connectivity index (χ4n) is 3.02. The molecule has 1 fully saturated rings. The Labute approximate surface area is 180 Å². The minimum Gasteiger partial charge on any atom is -0.357 e. The smallest absolute Gasteiger partial charge is 0.357 e. The van der Waals surface area contributed by atoms with Gasteiger partial charge in [0.1, 0.15) is 23.3 Å². The van der Waals surface area contributed by atoms with Crippen LogP contribution in [0, 0.1) is 0 Å². The Hall–Kier alpha value is -3.05. The zero-order chi connectivity index (χ0) is 22.8. The monoisotopic (exact) mass is 455 g/mol. The van der Waals surface area contributed by atoms with Crippen molar-refractivity contribution in [1.82, 2.24) is 25.2 Å². The summed E-state index contributed by atoms with van der Waals surface area (Å²) in [6.07, 6.45) is -5.87. The average molecular weight is 456 g/mol. The highest BCUT2D eigenvalue weighted by Gasteiger charge is 2.46. The van der Waals surface area contributed by atoms with E-state index in [0.29, 0.717) is 0 Å². The first-order chi connectivity index (χ1) is 14.6. The van der Waals surface area contributed by atoms with Crippen molar-refractivity contribution >= 4 is 23.4 Å². The number of morpholine rings is 1. The van der Waals surface area contributed by atoms with Gasteiger partial charge < -0.3 is 15.0 Å². The topological polar surface area (TPSA) is 97.3 Å². The molecule has 0 radical (unpaired) electrons. The Kier molecular flexibility index (Phi) is 6.56. The lowest BCUT2D eigenvalue weighted by atomic mass is 10.0. The van der Waals surface area contributed by atoms with E-state index < -0.39 is 36.7 Å². The van der Waals surface area contributed by atoms with Gasteiger partial charge in [0.2, 0.25) is 5.91 Å². The van der Waals surface area contributed by atoms with Crippen molar-refractivity contribution in [2.45, 2.75) is 18.4 Å². The summed E-state index contributed by atoms with van der Waals surface area (Å²) in [5.41, 5.74) is 0.782. The first-order valence-corrected chi connectivity index (χ1v) is 9.35. The second-order valence-electron chi connectivity index (χ2n) is 6.58. The second kappa shape index (κ2) is 8.98. The molecule has 2 aromatic rings. The molecule has 1 aliphatic heterocycles. The van der Waals surface area contributed by atoms with Crippen LogP contribution >= 0.6 is 11.6 Å². The van der Waals surface area contributed by atoms with E-state index >= 15 is 0 Å². The van der Waals surface area contributed by atoms with E-state index in [0.717, 1.165) is 17.3 Å². The molecule has 8 nitrogen and oxygen atoms in total. The lowest BCUT2D eigenvalue weighted by Crippen LogP contribution is -2.51. The molecular formula is C19H17ClF3N5O3. The third-order valence-corrected chi connectivity index (χ3v) is 4.72. The van der Waals surface area contributed by atoms with E-state index in [2.05, 4.69) is 26.8 Å². The highest BCUT2D eigenvalue weighted by Crippen LogP contribution is 2.35. The Balaban J connectivity index is 1.99. The first-order valence-electron chi connectivity index (χ1n) is 8.98. The lowest BCUT2D eigenvalue weighted by Gasteiger charge is -2.38. The highest BCUT2D eigenvalue weighted by molar-refractivity contribution is 6.29. The molecular weight excluding hydrogens is 439 g/mol. The molecule has 2 aromatic heterocycles. The minimum atomic E-state index is -4.67. The summed E-state index contributed by atoms with van der Waals surface area (Å²) in [4.78, 5) is 36.9. The minimum absolute atomic E-state index is 0.0214. The molecule has 0 bridgehead atoms. The van der Waals surface area contributed by atoms with Gasteiger partial charge in [0, 0.05) is 7.05 Å². The summed E-state index contributed by atoms with van der Waals surface area (Å²) in [7, 11) is 1.44. The number of aromatic nitrogens is 3. The molecule has 1 saturated heterocycles. The number of ether oxygens (including phenoxy) is 1. The van der Waals surface area contributed by atoms with Gasteiger partial charge in [0.25, 0.3) is 5.91 Å². The molecule has 0 aliphatic carbocycles. The number of pyridine rings is 1. The molecule has 0 aromatic carbocycles. The van der Waals surface area contributed by atoms with Crippen LogP contribution in [0.25, 0.3) is 11.4 Å². The molecule has 164 valence electrons. The average Bonchev–Trinajstić information content (AvgIpc) is 2.76. The van der Waals surface area contributed by atoms with Crippen molar-refractivity contribution in [2.24, 2.45) is 0 Å². The van der Waals surface area contributed by atoms with Gasteiger partial charge >= 0.3 is 6.18 Å². The number of carbonyl (C=O) groups is 2. The largest absolute Gasteiger partial charge is 0.416 e. The van der Waals surface area contributed by atoms with E-state index in [1.165, 1.54) is 25.2 Å². The second-order valence-corrected chi connectivity index (χ2v) is 6.97. The van der Waals surface area contributed by atoms with Gasteiger partial charge in [-0.15, -0.1) is 0 Å². The van der Waals surface area contributed by atoms with Crippen molar-refractivity contribution in [2.75, 3.05) is 20.1 Å². The predicted molar refractivity (Wildman–Crippen MR) is 104 cm³/mol. The van der Waals surface area contributed by atoms with Crippen molar-refractivity contribution in [3.05, 3.63) is 53.6 Å². The van der Waals surface area contributed by atoms with Crippen LogP contribution in [0.4, 0.5) is 13.2 Å². The summed E-state index contributed by atoms with van der Waals surface area (Å²) in [6.45, 7) is 2.55. The summed E-state index contributed by atoms with van der Waals surface area (Å²) in [5.74, 6) is -1.10. The van der Waals surface area contributed by atoms with Crippen LogP contribution in [-0.4, -0.2) is 64.1 Å². The Morgan fingerprint density at radius 1 is 1.26 bits per heavy atom. The number of halogens is 4. The molecule has 2 atom stereocenters. The van der Waals surface area contributed by atoms with Crippen LogP contribution in [0.3, 0.4) is 0 Å². The molecule has 0 unspecified atom stereocenters. The SMILES string of the molecule is C=CC(=O)N1C[C@@H](c2cc(Cl)nc(-c3cc(C(=O)NC)ncn3)c2)O[C@@H](C(F)(F)F)C1. The van der Waals surface area contributed by atoms with E-state index in [4.69, 9.17) is 16.3 Å². The standard InChI is InChI=1S/C19H17ClF3N5O3/c1-3-17(29)28-7-14(31-15(8-28)19(21,22)23)10-4-12(27-16(20)5-10)11-6-13(18(30)24-2)26-9-25-11/h3-6,9,14-15H,1,7-8H2,2H3,(H,24,30)/t14-,15+/m0/s1. The molecule has 3 heterocycles. The molecule has 0 saturated carbocycles. The van der Waals surface area contributed by atoms with Gasteiger partial charge in [-0.05, 0) is 29.8 Å². The van der Waals surface area contributed by atoms with Gasteiger partial charge in [-0.2, -0.15) is 13.2 Å². The van der Waals surface area contributed by atoms with Crippen LogP contribution in [0.15, 0.2) is 37.2 Å². The van der Waals surface area contributed by atoms with Crippen molar-refractivity contribution in [1.29, 1.82) is 0 Å². The van der Waals surface area contributed by atoms with E-state index in [1.807, 2.05) is 0 Å². The van der Waals surface area contributed by atoms with Crippen LogP contribution < -0.4 is 5.32 Å². The number of rotatable bonds is 4. The quantitative estimate of drug-likeness (QED) is 0.562. The first kappa shape index (κ1) is 22.6. The summed E-state index contributed by atoms with van der Waals surface area (Å²) in [6, 6.07) is 4.17. The number of amides is 2. The Morgan fingerprint density at radius 3 is 2.65 bits per heavy atom. The Bertz CT molecular complexity index is 1020. The normalized spacial score (nSPS) is 19.1. The molecule has 0 spiro atoms. The van der Waals surface area contributed by atoms with Crippen LogP contribution in [0.5, 0.6) is 0 Å². The maximum absolute atomic E-state index is 13.4. The van der Waals surface area contributed by atoms with Gasteiger partial charge in [0.05, 0.1) is 24.5 Å². The van der Waals surface area contributed by atoms with Gasteiger partial charge in [-0.25, -0.2) is 15.0 Å². The van der Waals surface area contributed by atoms with Crippen LogP contribution in [0.1, 0.15) is 22.2 Å². The fourth-order valence-corrected chi connectivity index (χ4v) is 3.23. The molecule has 3 rings (SSSR count). The van der Waals surface area contributed by atoms with Crippen molar-refractivity contribution < 1.29 is 27.5 Å². The van der Waals surface area contributed by atoms with E-state index in [9.17, 15) is 22.8 Å². The fraction of sp³-hybridized carbons (Fsp3) is 0.316. The summed E-state index contributed by atoms with van der Waals surface area (Å²) < 4.78 is 45.3. The van der Waals surface area contributed by atoms with Gasteiger partial charge in [-0.3, -0.25) is 9.59 Å². The third-order valence-electron chi connectivity index (χ3n) is 4.53. The molecule has 31 heavy (non-hydrogen) atoms. The van der Waals surface area contributed by atoms with E-state index in [1.54, 1.807) is 0 Å². The maximum Gasteiger partial charge on any atom is 0.416 e. The number of alkyl halides is 3. The van der Waals surface area contributed by atoms with Crippen LogP contribution in [-0.2, 0) is 9.53 Å². The number of nitrogens with one attached hydrogen (secondary N) is 1. The lowest BCUT2D eigenvalue weighted by molar-refractivity contribution is -0.253. The number of hydrogen-bond acceptors (Lipinski definition) is 6. The highest BCUT2D eigenvalue weighted by atomic mass is 35.5. The zero-order valence-corrected chi connectivity index (χ0v) is 16.9. The molecule has 12 heteroatoms. The number of nitrogens with zero attached hydrogens (tertiary/aromatic N) is 4. The van der Waals surface area contributed by atoms with Gasteiger partial charge in [0.15, 0.2) is 6.10 Å². The molecule has 1 aliphatic rings. The molecule has 1 N–H and O–H groups in total. The van der Waals surface area contributed by atoms with E-state index in [-0.39, 0.29) is 34.3 Å². The summed E-state index contributed by atoms with van der Waals surface area (Å²) in [5, 5.41) is 2.41. The van der Waals surface area contributed by atoms with Crippen LogP contribution in [0.2, 0.25) is 5.15 Å². The predicted octanol–water partition coefficient (Wildman–Crippen LogP) is 2.57.